The predicted molar refractivity (Wildman–Crippen MR) is 80.5 cm³/mol. The number of carbonyl (C=O) groups excluding carboxylic acids is 1. The Morgan fingerprint density at radius 2 is 2.38 bits per heavy atom. The van der Waals surface area contributed by atoms with Gasteiger partial charge in [0.2, 0.25) is 0 Å². The van der Waals surface area contributed by atoms with Crippen LogP contribution in [0.25, 0.3) is 5.52 Å². The van der Waals surface area contributed by atoms with Crippen molar-refractivity contribution in [1.29, 1.82) is 0 Å². The number of hydrogen-bond donors (Lipinski definition) is 0. The van der Waals surface area contributed by atoms with Crippen molar-refractivity contribution in [2.75, 3.05) is 26.7 Å². The summed E-state index contributed by atoms with van der Waals surface area (Å²) in [4.78, 5) is 18.6. The van der Waals surface area contributed by atoms with Crippen LogP contribution >= 0.6 is 0 Å². The summed E-state index contributed by atoms with van der Waals surface area (Å²) >= 11 is 0. The van der Waals surface area contributed by atoms with E-state index in [9.17, 15) is 4.79 Å². The lowest BCUT2D eigenvalue weighted by atomic mass is 10.0. The SMILES string of the molecule is CCN1CCC(Cc2ncc3cc(C(=O)OC)ccn23)C1. The van der Waals surface area contributed by atoms with Crippen LogP contribution in [0.15, 0.2) is 24.5 Å². The molecule has 1 fully saturated rings. The zero-order valence-corrected chi connectivity index (χ0v) is 12.6. The second-order valence-electron chi connectivity index (χ2n) is 5.63. The van der Waals surface area contributed by atoms with Crippen LogP contribution in [0.4, 0.5) is 0 Å². The molecule has 1 atom stereocenters. The maximum absolute atomic E-state index is 11.6. The number of hydrogen-bond acceptors (Lipinski definition) is 4. The molecular weight excluding hydrogens is 266 g/mol. The first-order valence-electron chi connectivity index (χ1n) is 7.48. The second-order valence-corrected chi connectivity index (χ2v) is 5.63. The van der Waals surface area contributed by atoms with Gasteiger partial charge in [0.25, 0.3) is 0 Å². The normalized spacial score (nSPS) is 19.2. The van der Waals surface area contributed by atoms with E-state index in [0.29, 0.717) is 11.5 Å². The molecule has 1 saturated heterocycles. The average Bonchev–Trinajstić information content (AvgIpc) is 3.13. The fraction of sp³-hybridized carbons (Fsp3) is 0.500. The molecule has 5 heteroatoms. The number of rotatable bonds is 4. The number of pyridine rings is 1. The summed E-state index contributed by atoms with van der Waals surface area (Å²) in [5.74, 6) is 1.44. The van der Waals surface area contributed by atoms with E-state index < -0.39 is 0 Å². The molecule has 2 aromatic heterocycles. The minimum absolute atomic E-state index is 0.311. The van der Waals surface area contributed by atoms with E-state index in [2.05, 4.69) is 21.2 Å². The zero-order chi connectivity index (χ0) is 14.8. The Balaban J connectivity index is 1.79. The van der Waals surface area contributed by atoms with Crippen molar-refractivity contribution in [2.24, 2.45) is 5.92 Å². The Kier molecular flexibility index (Phi) is 3.92. The van der Waals surface area contributed by atoms with Gasteiger partial charge in [0, 0.05) is 19.2 Å². The van der Waals surface area contributed by atoms with Gasteiger partial charge in [-0.1, -0.05) is 6.92 Å². The summed E-state index contributed by atoms with van der Waals surface area (Å²) in [6.45, 7) is 5.69. The van der Waals surface area contributed by atoms with Crippen molar-refractivity contribution < 1.29 is 9.53 Å². The van der Waals surface area contributed by atoms with Gasteiger partial charge in [-0.2, -0.15) is 0 Å². The first kappa shape index (κ1) is 14.1. The number of carbonyl (C=O) groups is 1. The van der Waals surface area contributed by atoms with E-state index in [1.807, 2.05) is 18.5 Å². The predicted octanol–water partition coefficient (Wildman–Crippen LogP) is 2.01. The van der Waals surface area contributed by atoms with Crippen LogP contribution in [0, 0.1) is 5.92 Å². The highest BCUT2D eigenvalue weighted by Gasteiger charge is 2.22. The van der Waals surface area contributed by atoms with E-state index in [1.54, 1.807) is 6.07 Å². The zero-order valence-electron chi connectivity index (χ0n) is 12.6. The molecule has 3 heterocycles. The minimum Gasteiger partial charge on any atom is -0.465 e. The average molecular weight is 287 g/mol. The lowest BCUT2D eigenvalue weighted by Crippen LogP contribution is -2.20. The third-order valence-corrected chi connectivity index (χ3v) is 4.32. The molecule has 3 rings (SSSR count). The van der Waals surface area contributed by atoms with Gasteiger partial charge in [-0.25, -0.2) is 9.78 Å². The summed E-state index contributed by atoms with van der Waals surface area (Å²) in [7, 11) is 1.40. The Morgan fingerprint density at radius 3 is 3.10 bits per heavy atom. The Labute approximate surface area is 124 Å². The first-order chi connectivity index (χ1) is 10.2. The number of nitrogens with zero attached hydrogens (tertiary/aromatic N) is 3. The summed E-state index contributed by atoms with van der Waals surface area (Å²) in [5.41, 5.74) is 1.51. The molecular formula is C16H21N3O2. The van der Waals surface area contributed by atoms with Gasteiger partial charge in [0.1, 0.15) is 5.82 Å². The van der Waals surface area contributed by atoms with Crippen LogP contribution in [-0.4, -0.2) is 47.0 Å². The minimum atomic E-state index is -0.311. The van der Waals surface area contributed by atoms with E-state index in [0.717, 1.165) is 30.9 Å². The molecule has 0 aromatic carbocycles. The molecule has 2 aromatic rings. The van der Waals surface area contributed by atoms with Gasteiger partial charge < -0.3 is 14.0 Å². The van der Waals surface area contributed by atoms with Crippen LogP contribution in [0.2, 0.25) is 0 Å². The maximum Gasteiger partial charge on any atom is 0.337 e. The quantitative estimate of drug-likeness (QED) is 0.807. The van der Waals surface area contributed by atoms with Crippen molar-refractivity contribution in [1.82, 2.24) is 14.3 Å². The number of imidazole rings is 1. The third-order valence-electron chi connectivity index (χ3n) is 4.32. The number of aromatic nitrogens is 2. The summed E-state index contributed by atoms with van der Waals surface area (Å²) < 4.78 is 6.82. The molecule has 5 nitrogen and oxygen atoms in total. The summed E-state index contributed by atoms with van der Waals surface area (Å²) in [6, 6.07) is 3.62. The molecule has 0 spiro atoms. The number of esters is 1. The fourth-order valence-electron chi connectivity index (χ4n) is 3.08. The highest BCUT2D eigenvalue weighted by molar-refractivity contribution is 5.90. The highest BCUT2D eigenvalue weighted by Crippen LogP contribution is 2.21. The lowest BCUT2D eigenvalue weighted by molar-refractivity contribution is 0.0600. The molecule has 1 aliphatic rings. The van der Waals surface area contributed by atoms with Crippen LogP contribution in [-0.2, 0) is 11.2 Å². The molecule has 0 bridgehead atoms. The summed E-state index contributed by atoms with van der Waals surface area (Å²) in [6.07, 6.45) is 5.97. The van der Waals surface area contributed by atoms with E-state index in [-0.39, 0.29) is 5.97 Å². The third kappa shape index (κ3) is 2.78. The van der Waals surface area contributed by atoms with Gasteiger partial charge >= 0.3 is 5.97 Å². The number of likely N-dealkylation sites (tertiary alicyclic amines) is 1. The van der Waals surface area contributed by atoms with Crippen molar-refractivity contribution in [3.05, 3.63) is 35.9 Å². The standard InChI is InChI=1S/C16H21N3O2/c1-3-18-6-4-12(11-18)8-15-17-10-14-9-13(16(20)21-2)5-7-19(14)15/h5,7,9-10,12H,3-4,6,8,11H2,1-2H3. The molecule has 0 radical (unpaired) electrons. The molecule has 0 amide bonds. The molecule has 0 aliphatic carbocycles. The van der Waals surface area contributed by atoms with Crippen molar-refractivity contribution in [3.63, 3.8) is 0 Å². The first-order valence-corrected chi connectivity index (χ1v) is 7.48. The van der Waals surface area contributed by atoms with Gasteiger partial charge in [-0.05, 0) is 37.6 Å². The van der Waals surface area contributed by atoms with E-state index >= 15 is 0 Å². The van der Waals surface area contributed by atoms with Crippen molar-refractivity contribution >= 4 is 11.5 Å². The monoisotopic (exact) mass is 287 g/mol. The smallest absolute Gasteiger partial charge is 0.337 e. The maximum atomic E-state index is 11.6. The summed E-state index contributed by atoms with van der Waals surface area (Å²) in [5, 5.41) is 0. The van der Waals surface area contributed by atoms with Gasteiger partial charge in [0.15, 0.2) is 0 Å². The van der Waals surface area contributed by atoms with E-state index in [4.69, 9.17) is 4.74 Å². The van der Waals surface area contributed by atoms with Crippen LogP contribution < -0.4 is 0 Å². The van der Waals surface area contributed by atoms with Gasteiger partial charge in [-0.15, -0.1) is 0 Å². The number of methoxy groups -OCH3 is 1. The molecule has 21 heavy (non-hydrogen) atoms. The largest absolute Gasteiger partial charge is 0.465 e. The number of ether oxygens (including phenoxy) is 1. The Bertz CT molecular complexity index is 650. The second kappa shape index (κ2) is 5.85. The van der Waals surface area contributed by atoms with Crippen molar-refractivity contribution in [3.8, 4) is 0 Å². The van der Waals surface area contributed by atoms with Crippen molar-refractivity contribution in [2.45, 2.75) is 19.8 Å². The fourth-order valence-corrected chi connectivity index (χ4v) is 3.08. The Morgan fingerprint density at radius 1 is 1.52 bits per heavy atom. The molecule has 0 N–H and O–H groups in total. The molecule has 0 saturated carbocycles. The van der Waals surface area contributed by atoms with Crippen LogP contribution in [0.3, 0.4) is 0 Å². The number of fused-ring (bicyclic) bond motifs is 1. The highest BCUT2D eigenvalue weighted by atomic mass is 16.5. The topological polar surface area (TPSA) is 46.8 Å². The van der Waals surface area contributed by atoms with E-state index in [1.165, 1.54) is 20.1 Å². The van der Waals surface area contributed by atoms with Crippen LogP contribution in [0.5, 0.6) is 0 Å². The molecule has 1 unspecified atom stereocenters. The molecule has 1 aliphatic heterocycles. The molecule has 112 valence electrons. The lowest BCUT2D eigenvalue weighted by Gasteiger charge is -2.12. The Hall–Kier alpha value is -1.88. The van der Waals surface area contributed by atoms with Crippen LogP contribution in [0.1, 0.15) is 29.5 Å². The van der Waals surface area contributed by atoms with Gasteiger partial charge in [0.05, 0.1) is 24.4 Å². The van der Waals surface area contributed by atoms with Gasteiger partial charge in [-0.3, -0.25) is 0 Å².